The molecule has 0 bridgehead atoms. The molecule has 2 amide bonds. The van der Waals surface area contributed by atoms with Gasteiger partial charge in [0, 0.05) is 14.9 Å². The second-order valence-corrected chi connectivity index (χ2v) is 8.41. The summed E-state index contributed by atoms with van der Waals surface area (Å²) in [5, 5.41) is 2.43. The molecule has 0 radical (unpaired) electrons. The predicted molar refractivity (Wildman–Crippen MR) is 102 cm³/mol. The van der Waals surface area contributed by atoms with Crippen LogP contribution < -0.4 is 5.32 Å². The number of carbonyl (C=O) groups excluding carboxylic acids is 2. The third-order valence-corrected chi connectivity index (χ3v) is 4.99. The van der Waals surface area contributed by atoms with Crippen molar-refractivity contribution in [2.75, 3.05) is 5.75 Å². The van der Waals surface area contributed by atoms with Crippen LogP contribution >= 0.6 is 27.7 Å². The zero-order valence-electron chi connectivity index (χ0n) is 13.9. The summed E-state index contributed by atoms with van der Waals surface area (Å²) < 4.78 is 0.991. The molecule has 0 heterocycles. The van der Waals surface area contributed by atoms with E-state index in [1.807, 2.05) is 36.4 Å². The highest BCUT2D eigenvalue weighted by Crippen LogP contribution is 2.22. The van der Waals surface area contributed by atoms with Crippen molar-refractivity contribution in [2.45, 2.75) is 31.1 Å². The van der Waals surface area contributed by atoms with Crippen LogP contribution in [-0.4, -0.2) is 17.6 Å². The van der Waals surface area contributed by atoms with E-state index >= 15 is 0 Å². The summed E-state index contributed by atoms with van der Waals surface area (Å²) >= 11 is 4.76. The van der Waals surface area contributed by atoms with Crippen LogP contribution in [0.3, 0.4) is 0 Å². The highest BCUT2D eigenvalue weighted by molar-refractivity contribution is 9.10. The Morgan fingerprint density at radius 2 is 1.58 bits per heavy atom. The van der Waals surface area contributed by atoms with E-state index in [1.54, 1.807) is 12.1 Å². The summed E-state index contributed by atoms with van der Waals surface area (Å²) in [6.07, 6.45) is 0. The largest absolute Gasteiger partial charge is 0.292 e. The van der Waals surface area contributed by atoms with Gasteiger partial charge in [-0.15, -0.1) is 11.8 Å². The van der Waals surface area contributed by atoms with Crippen LogP contribution in [-0.2, 0) is 10.2 Å². The van der Waals surface area contributed by atoms with Gasteiger partial charge in [-0.3, -0.25) is 14.9 Å². The van der Waals surface area contributed by atoms with Crippen molar-refractivity contribution < 1.29 is 9.59 Å². The molecule has 24 heavy (non-hydrogen) atoms. The maximum absolute atomic E-state index is 12.1. The number of nitrogens with one attached hydrogen (secondary N) is 1. The molecular weight excluding hydrogens is 386 g/mol. The smallest absolute Gasteiger partial charge is 0.257 e. The van der Waals surface area contributed by atoms with Gasteiger partial charge < -0.3 is 0 Å². The Kier molecular flexibility index (Phi) is 6.24. The molecule has 0 spiro atoms. The van der Waals surface area contributed by atoms with Crippen molar-refractivity contribution in [1.29, 1.82) is 0 Å². The Bertz CT molecular complexity index is 719. The Hall–Kier alpha value is -1.59. The van der Waals surface area contributed by atoms with Gasteiger partial charge in [0.2, 0.25) is 5.91 Å². The molecule has 0 fully saturated rings. The van der Waals surface area contributed by atoms with Crippen molar-refractivity contribution in [3.8, 4) is 0 Å². The van der Waals surface area contributed by atoms with E-state index in [2.05, 4.69) is 42.0 Å². The molecule has 2 aromatic carbocycles. The molecule has 2 rings (SSSR count). The van der Waals surface area contributed by atoms with Crippen LogP contribution in [0.5, 0.6) is 0 Å². The minimum Gasteiger partial charge on any atom is -0.292 e. The minimum absolute atomic E-state index is 0.0339. The monoisotopic (exact) mass is 405 g/mol. The number of hydrogen-bond donors (Lipinski definition) is 1. The van der Waals surface area contributed by atoms with Crippen LogP contribution in [0.1, 0.15) is 36.7 Å². The Morgan fingerprint density at radius 3 is 2.12 bits per heavy atom. The molecule has 2 aromatic rings. The average Bonchev–Trinajstić information content (AvgIpc) is 2.53. The van der Waals surface area contributed by atoms with Gasteiger partial charge in [-0.05, 0) is 47.4 Å². The third kappa shape index (κ3) is 5.49. The number of carbonyl (C=O) groups is 2. The summed E-state index contributed by atoms with van der Waals surface area (Å²) in [7, 11) is 0. The second kappa shape index (κ2) is 7.99. The van der Waals surface area contributed by atoms with Crippen molar-refractivity contribution in [1.82, 2.24) is 5.32 Å². The summed E-state index contributed by atoms with van der Waals surface area (Å²) in [4.78, 5) is 25.0. The van der Waals surface area contributed by atoms with Crippen molar-refractivity contribution >= 4 is 39.5 Å². The lowest BCUT2D eigenvalue weighted by Crippen LogP contribution is -2.31. The molecular formula is C19H20BrNO2S. The molecule has 0 aromatic heterocycles. The van der Waals surface area contributed by atoms with Gasteiger partial charge in [-0.25, -0.2) is 0 Å². The standard InChI is InChI=1S/C19H20BrNO2S/c1-19(2,3)14-6-4-13(5-7-14)18(23)21-17(22)12-24-16-10-8-15(20)9-11-16/h4-11H,12H2,1-3H3,(H,21,22,23). The topological polar surface area (TPSA) is 46.2 Å². The molecule has 126 valence electrons. The average molecular weight is 406 g/mol. The first kappa shape index (κ1) is 18.7. The van der Waals surface area contributed by atoms with Gasteiger partial charge in [0.15, 0.2) is 0 Å². The molecule has 5 heteroatoms. The molecule has 0 aliphatic carbocycles. The first-order valence-electron chi connectivity index (χ1n) is 7.59. The fourth-order valence-electron chi connectivity index (χ4n) is 2.04. The molecule has 3 nitrogen and oxygen atoms in total. The number of thioether (sulfide) groups is 1. The maximum atomic E-state index is 12.1. The quantitative estimate of drug-likeness (QED) is 0.743. The lowest BCUT2D eigenvalue weighted by Gasteiger charge is -2.18. The highest BCUT2D eigenvalue weighted by Gasteiger charge is 2.15. The first-order chi connectivity index (χ1) is 11.3. The summed E-state index contributed by atoms with van der Waals surface area (Å²) in [5.74, 6) is -0.460. The minimum atomic E-state index is -0.364. The Balaban J connectivity index is 1.89. The number of rotatable bonds is 4. The molecule has 0 atom stereocenters. The van der Waals surface area contributed by atoms with Crippen molar-refractivity contribution in [2.24, 2.45) is 0 Å². The van der Waals surface area contributed by atoms with Gasteiger partial charge in [0.05, 0.1) is 5.75 Å². The second-order valence-electron chi connectivity index (χ2n) is 6.45. The van der Waals surface area contributed by atoms with Gasteiger partial charge in [-0.1, -0.05) is 48.8 Å². The van der Waals surface area contributed by atoms with Gasteiger partial charge in [0.1, 0.15) is 0 Å². The number of benzene rings is 2. The molecule has 0 unspecified atom stereocenters. The molecule has 1 N–H and O–H groups in total. The van der Waals surface area contributed by atoms with Gasteiger partial charge >= 0.3 is 0 Å². The van der Waals surface area contributed by atoms with E-state index in [-0.39, 0.29) is 23.0 Å². The van der Waals surface area contributed by atoms with Crippen LogP contribution in [0.25, 0.3) is 0 Å². The first-order valence-corrected chi connectivity index (χ1v) is 9.36. The molecule has 0 saturated carbocycles. The van der Waals surface area contributed by atoms with E-state index in [1.165, 1.54) is 11.8 Å². The van der Waals surface area contributed by atoms with Gasteiger partial charge in [-0.2, -0.15) is 0 Å². The van der Waals surface area contributed by atoms with E-state index in [0.717, 1.165) is 14.9 Å². The lowest BCUT2D eigenvalue weighted by molar-refractivity contribution is -0.117. The van der Waals surface area contributed by atoms with E-state index < -0.39 is 0 Å². The van der Waals surface area contributed by atoms with Crippen LogP contribution in [0.2, 0.25) is 0 Å². The predicted octanol–water partition coefficient (Wildman–Crippen LogP) is 4.80. The summed E-state index contributed by atoms with van der Waals surface area (Å²) in [6, 6.07) is 15.1. The number of imide groups is 1. The normalized spacial score (nSPS) is 11.2. The zero-order valence-corrected chi connectivity index (χ0v) is 16.3. The number of halogens is 1. The SMILES string of the molecule is CC(C)(C)c1ccc(C(=O)NC(=O)CSc2ccc(Br)cc2)cc1. The lowest BCUT2D eigenvalue weighted by atomic mass is 9.87. The van der Waals surface area contributed by atoms with E-state index in [0.29, 0.717) is 5.56 Å². The zero-order chi connectivity index (χ0) is 17.7. The third-order valence-electron chi connectivity index (χ3n) is 3.45. The Morgan fingerprint density at radius 1 is 1.00 bits per heavy atom. The molecule has 0 aliphatic heterocycles. The molecule has 0 aliphatic rings. The number of amides is 2. The van der Waals surface area contributed by atoms with E-state index in [9.17, 15) is 9.59 Å². The fraction of sp³-hybridized carbons (Fsp3) is 0.263. The van der Waals surface area contributed by atoms with Crippen LogP contribution in [0.4, 0.5) is 0 Å². The maximum Gasteiger partial charge on any atom is 0.257 e. The fourth-order valence-corrected chi connectivity index (χ4v) is 3.00. The van der Waals surface area contributed by atoms with Crippen LogP contribution in [0, 0.1) is 0 Å². The van der Waals surface area contributed by atoms with E-state index in [4.69, 9.17) is 0 Å². The van der Waals surface area contributed by atoms with Crippen molar-refractivity contribution in [3.05, 3.63) is 64.1 Å². The number of hydrogen-bond acceptors (Lipinski definition) is 3. The Labute approximate surface area is 155 Å². The van der Waals surface area contributed by atoms with Crippen LogP contribution in [0.15, 0.2) is 57.9 Å². The summed E-state index contributed by atoms with van der Waals surface area (Å²) in [6.45, 7) is 6.35. The van der Waals surface area contributed by atoms with Gasteiger partial charge in [0.25, 0.3) is 5.91 Å². The molecule has 0 saturated heterocycles. The highest BCUT2D eigenvalue weighted by atomic mass is 79.9. The van der Waals surface area contributed by atoms with Crippen molar-refractivity contribution in [3.63, 3.8) is 0 Å². The summed E-state index contributed by atoms with van der Waals surface area (Å²) in [5.41, 5.74) is 1.67.